The third-order valence-electron chi connectivity index (χ3n) is 4.70. The Kier molecular flexibility index (Phi) is 5.36. The van der Waals surface area contributed by atoms with Crippen molar-refractivity contribution in [3.05, 3.63) is 33.6 Å². The molecular formula is C18H24BrNS. The molecule has 1 nitrogen and oxygen atoms in total. The molecule has 3 heteroatoms. The van der Waals surface area contributed by atoms with Crippen LogP contribution in [0.1, 0.15) is 57.1 Å². The van der Waals surface area contributed by atoms with Crippen molar-refractivity contribution in [1.29, 1.82) is 0 Å². The molecule has 0 spiro atoms. The van der Waals surface area contributed by atoms with Crippen molar-refractivity contribution in [2.75, 3.05) is 6.54 Å². The lowest BCUT2D eigenvalue weighted by Crippen LogP contribution is -2.24. The maximum atomic E-state index is 3.74. The number of fused-ring (bicyclic) bond motifs is 1. The van der Waals surface area contributed by atoms with Gasteiger partial charge in [0.25, 0.3) is 0 Å². The molecule has 1 N–H and O–H groups in total. The summed E-state index contributed by atoms with van der Waals surface area (Å²) in [7, 11) is 0. The summed E-state index contributed by atoms with van der Waals surface area (Å²) >= 11 is 5.56. The highest BCUT2D eigenvalue weighted by Crippen LogP contribution is 2.39. The maximum absolute atomic E-state index is 3.74. The predicted molar refractivity (Wildman–Crippen MR) is 97.1 cm³/mol. The first kappa shape index (κ1) is 15.5. The van der Waals surface area contributed by atoms with Crippen molar-refractivity contribution in [1.82, 2.24) is 5.32 Å². The molecule has 0 radical (unpaired) electrons. The van der Waals surface area contributed by atoms with Gasteiger partial charge >= 0.3 is 0 Å². The Labute approximate surface area is 140 Å². The lowest BCUT2D eigenvalue weighted by atomic mass is 9.83. The average Bonchev–Trinajstić information content (AvgIpc) is 2.93. The SMILES string of the molecule is CCNC(CC1CCCCC1)c1csc2c(Br)cccc12. The molecule has 3 rings (SSSR count). The van der Waals surface area contributed by atoms with Gasteiger partial charge in [-0.05, 0) is 57.2 Å². The summed E-state index contributed by atoms with van der Waals surface area (Å²) < 4.78 is 2.61. The number of thiophene rings is 1. The first-order valence-electron chi connectivity index (χ1n) is 8.18. The molecule has 0 aliphatic heterocycles. The highest BCUT2D eigenvalue weighted by atomic mass is 79.9. The van der Waals surface area contributed by atoms with Crippen LogP contribution in [0.3, 0.4) is 0 Å². The van der Waals surface area contributed by atoms with Gasteiger partial charge in [0.2, 0.25) is 0 Å². The van der Waals surface area contributed by atoms with Gasteiger partial charge in [0.15, 0.2) is 0 Å². The second kappa shape index (κ2) is 7.26. The van der Waals surface area contributed by atoms with Crippen molar-refractivity contribution in [3.63, 3.8) is 0 Å². The highest BCUT2D eigenvalue weighted by Gasteiger charge is 2.22. The second-order valence-electron chi connectivity index (χ2n) is 6.16. The minimum Gasteiger partial charge on any atom is -0.310 e. The number of rotatable bonds is 5. The monoisotopic (exact) mass is 365 g/mol. The first-order valence-corrected chi connectivity index (χ1v) is 9.86. The third kappa shape index (κ3) is 3.52. The van der Waals surface area contributed by atoms with E-state index in [0.29, 0.717) is 6.04 Å². The molecule has 1 aromatic carbocycles. The van der Waals surface area contributed by atoms with E-state index >= 15 is 0 Å². The molecule has 0 bridgehead atoms. The molecule has 2 aromatic rings. The quantitative estimate of drug-likeness (QED) is 0.656. The molecule has 114 valence electrons. The van der Waals surface area contributed by atoms with E-state index in [-0.39, 0.29) is 0 Å². The van der Waals surface area contributed by atoms with E-state index in [1.165, 1.54) is 58.6 Å². The number of halogens is 1. The lowest BCUT2D eigenvalue weighted by molar-refractivity contribution is 0.302. The molecule has 1 aliphatic rings. The zero-order chi connectivity index (χ0) is 14.7. The summed E-state index contributed by atoms with van der Waals surface area (Å²) in [5.41, 5.74) is 1.50. The molecule has 1 atom stereocenters. The normalized spacial score (nSPS) is 18.2. The van der Waals surface area contributed by atoms with Crippen molar-refractivity contribution in [2.45, 2.75) is 51.5 Å². The zero-order valence-electron chi connectivity index (χ0n) is 12.7. The van der Waals surface area contributed by atoms with Gasteiger partial charge in [0.05, 0.1) is 0 Å². The van der Waals surface area contributed by atoms with Crippen LogP contribution in [0.15, 0.2) is 28.1 Å². The fraction of sp³-hybridized carbons (Fsp3) is 0.556. The van der Waals surface area contributed by atoms with Crippen LogP contribution in [-0.4, -0.2) is 6.54 Å². The first-order chi connectivity index (χ1) is 10.3. The summed E-state index contributed by atoms with van der Waals surface area (Å²) in [5, 5.41) is 7.53. The molecule has 1 fully saturated rings. The van der Waals surface area contributed by atoms with Crippen LogP contribution >= 0.6 is 27.3 Å². The van der Waals surface area contributed by atoms with Crippen molar-refractivity contribution in [2.24, 2.45) is 5.92 Å². The second-order valence-corrected chi connectivity index (χ2v) is 7.89. The van der Waals surface area contributed by atoms with E-state index in [1.54, 1.807) is 0 Å². The molecule has 1 unspecified atom stereocenters. The fourth-order valence-corrected chi connectivity index (χ4v) is 5.31. The number of hydrogen-bond donors (Lipinski definition) is 1. The maximum Gasteiger partial charge on any atom is 0.0488 e. The number of hydrogen-bond acceptors (Lipinski definition) is 2. The molecule has 21 heavy (non-hydrogen) atoms. The van der Waals surface area contributed by atoms with Gasteiger partial charge in [-0.2, -0.15) is 0 Å². The fourth-order valence-electron chi connectivity index (χ4n) is 3.63. The van der Waals surface area contributed by atoms with Gasteiger partial charge < -0.3 is 5.32 Å². The summed E-state index contributed by atoms with van der Waals surface area (Å²) in [5.74, 6) is 0.907. The Balaban J connectivity index is 1.86. The molecule has 0 saturated heterocycles. The third-order valence-corrected chi connectivity index (χ3v) is 6.67. The smallest absolute Gasteiger partial charge is 0.0488 e. The zero-order valence-corrected chi connectivity index (χ0v) is 15.1. The minimum absolute atomic E-state index is 0.515. The van der Waals surface area contributed by atoms with Crippen LogP contribution in [0.4, 0.5) is 0 Å². The van der Waals surface area contributed by atoms with Gasteiger partial charge in [-0.25, -0.2) is 0 Å². The molecule has 1 heterocycles. The Morgan fingerprint density at radius 1 is 1.29 bits per heavy atom. The van der Waals surface area contributed by atoms with Crippen LogP contribution in [0.5, 0.6) is 0 Å². The van der Waals surface area contributed by atoms with Crippen molar-refractivity contribution >= 4 is 37.4 Å². The van der Waals surface area contributed by atoms with Crippen molar-refractivity contribution in [3.8, 4) is 0 Å². The largest absolute Gasteiger partial charge is 0.310 e. The Morgan fingerprint density at radius 2 is 2.10 bits per heavy atom. The van der Waals surface area contributed by atoms with E-state index < -0.39 is 0 Å². The van der Waals surface area contributed by atoms with E-state index in [9.17, 15) is 0 Å². The summed E-state index contributed by atoms with van der Waals surface area (Å²) in [6.45, 7) is 3.26. The average molecular weight is 366 g/mol. The number of nitrogens with one attached hydrogen (secondary N) is 1. The summed E-state index contributed by atoms with van der Waals surface area (Å²) in [4.78, 5) is 0. The van der Waals surface area contributed by atoms with Crippen LogP contribution in [0.2, 0.25) is 0 Å². The van der Waals surface area contributed by atoms with Gasteiger partial charge in [-0.3, -0.25) is 0 Å². The van der Waals surface area contributed by atoms with E-state index in [0.717, 1.165) is 12.5 Å². The van der Waals surface area contributed by atoms with Crippen LogP contribution in [-0.2, 0) is 0 Å². The van der Waals surface area contributed by atoms with E-state index in [2.05, 4.69) is 51.7 Å². The number of benzene rings is 1. The van der Waals surface area contributed by atoms with Crippen LogP contribution in [0.25, 0.3) is 10.1 Å². The molecule has 1 aliphatic carbocycles. The standard InChI is InChI=1S/C18H24BrNS/c1-2-20-17(11-13-7-4-3-5-8-13)15-12-21-18-14(15)9-6-10-16(18)19/h6,9-10,12-13,17,20H,2-5,7-8,11H2,1H3. The molecule has 0 amide bonds. The Morgan fingerprint density at radius 3 is 2.86 bits per heavy atom. The van der Waals surface area contributed by atoms with Crippen LogP contribution in [0, 0.1) is 5.92 Å². The van der Waals surface area contributed by atoms with E-state index in [4.69, 9.17) is 0 Å². The van der Waals surface area contributed by atoms with Crippen LogP contribution < -0.4 is 5.32 Å². The van der Waals surface area contributed by atoms with E-state index in [1.807, 2.05) is 11.3 Å². The molecular weight excluding hydrogens is 342 g/mol. The molecule has 1 aromatic heterocycles. The highest BCUT2D eigenvalue weighted by molar-refractivity contribution is 9.10. The van der Waals surface area contributed by atoms with Gasteiger partial charge in [0, 0.05) is 15.2 Å². The lowest BCUT2D eigenvalue weighted by Gasteiger charge is -2.27. The minimum atomic E-state index is 0.515. The predicted octanol–water partition coefficient (Wildman–Crippen LogP) is 6.28. The molecule has 1 saturated carbocycles. The van der Waals surface area contributed by atoms with Gasteiger partial charge in [-0.1, -0.05) is 51.2 Å². The van der Waals surface area contributed by atoms with Crippen molar-refractivity contribution < 1.29 is 0 Å². The topological polar surface area (TPSA) is 12.0 Å². The summed E-state index contributed by atoms with van der Waals surface area (Å²) in [6.07, 6.45) is 8.45. The van der Waals surface area contributed by atoms with Gasteiger partial charge in [-0.15, -0.1) is 11.3 Å². The Hall–Kier alpha value is -0.380. The summed E-state index contributed by atoms with van der Waals surface area (Å²) in [6, 6.07) is 7.09. The Bertz CT molecular complexity index is 586. The van der Waals surface area contributed by atoms with Gasteiger partial charge in [0.1, 0.15) is 0 Å².